The van der Waals surface area contributed by atoms with E-state index in [-0.39, 0.29) is 0 Å². The first kappa shape index (κ1) is 27.9. The zero-order valence-corrected chi connectivity index (χ0v) is 23.6. The van der Waals surface area contributed by atoms with Gasteiger partial charge in [0.05, 0.1) is 26.5 Å². The second-order valence-corrected chi connectivity index (χ2v) is 11.7. The van der Waals surface area contributed by atoms with Crippen LogP contribution in [0.25, 0.3) is 10.4 Å². The summed E-state index contributed by atoms with van der Waals surface area (Å²) in [5.41, 5.74) is 11.1. The van der Waals surface area contributed by atoms with Gasteiger partial charge in [0.1, 0.15) is 11.0 Å². The fraction of sp³-hybridized carbons (Fsp3) is 0.130. The van der Waals surface area contributed by atoms with Crippen LogP contribution in [-0.4, -0.2) is 36.1 Å². The molecule has 3 aromatic carbocycles. The molecule has 0 amide bonds. The average molecular weight is 572 g/mol. The SMILES string of the molecule is Cc1ccc(O[P+](=S)N(C)N=Cc2ccc(O[P+](=S)N(C)N=Cc3ccc(ON=[N+]=[N-])cc3)cc2)cc1. The molecule has 0 aliphatic carbocycles. The monoisotopic (exact) mass is 571 g/mol. The average Bonchev–Trinajstić information content (AvgIpc) is 2.91. The quantitative estimate of drug-likeness (QED) is 0.0585. The van der Waals surface area contributed by atoms with Crippen molar-refractivity contribution in [3.63, 3.8) is 0 Å². The molecular weight excluding hydrogens is 548 g/mol. The predicted molar refractivity (Wildman–Crippen MR) is 154 cm³/mol. The number of hydrazone groups is 2. The predicted octanol–water partition coefficient (Wildman–Crippen LogP) is 6.84. The number of benzene rings is 3. The Labute approximate surface area is 226 Å². The van der Waals surface area contributed by atoms with Gasteiger partial charge in [-0.2, -0.15) is 0 Å². The lowest BCUT2D eigenvalue weighted by Crippen LogP contribution is -2.04. The van der Waals surface area contributed by atoms with Gasteiger partial charge in [-0.1, -0.05) is 27.3 Å². The van der Waals surface area contributed by atoms with Crippen molar-refractivity contribution in [2.75, 3.05) is 14.1 Å². The van der Waals surface area contributed by atoms with Crippen molar-refractivity contribution in [2.45, 2.75) is 6.92 Å². The Morgan fingerprint density at radius 2 is 1.14 bits per heavy atom. The zero-order chi connectivity index (χ0) is 26.6. The number of hydrogen-bond acceptors (Lipinski definition) is 8. The molecule has 0 saturated carbocycles. The highest BCUT2D eigenvalue weighted by Crippen LogP contribution is 2.32. The molecule has 0 spiro atoms. The summed E-state index contributed by atoms with van der Waals surface area (Å²) < 4.78 is 14.9. The number of rotatable bonds is 12. The normalized spacial score (nSPS) is 11.5. The van der Waals surface area contributed by atoms with Crippen molar-refractivity contribution in [3.8, 4) is 17.2 Å². The number of aryl methyl sites for hydroxylation is 1. The van der Waals surface area contributed by atoms with Crippen LogP contribution in [0.4, 0.5) is 0 Å². The molecule has 0 aliphatic rings. The standard InChI is InChI=1S/C23H23N7O3P2S2/c1-18-4-10-22(11-5-18)32-34(36)29(2)26-17-20-8-14-23(15-9-20)33-35(37)30(3)25-16-19-6-12-21(13-7-19)31-28-27-24/h4-17H,1-3H3/q+2. The van der Waals surface area contributed by atoms with Crippen molar-refractivity contribution in [1.29, 1.82) is 0 Å². The van der Waals surface area contributed by atoms with Crippen molar-refractivity contribution in [1.82, 2.24) is 9.56 Å². The molecular formula is C23H23N7O3P2S2+2. The molecule has 10 nitrogen and oxygen atoms in total. The Balaban J connectivity index is 1.49. The number of hydrogen-bond donors (Lipinski definition) is 0. The van der Waals surface area contributed by atoms with E-state index in [2.05, 4.69) is 20.4 Å². The molecule has 14 heteroatoms. The minimum Gasteiger partial charge on any atom is -0.394 e. The number of nitrogens with zero attached hydrogens (tertiary/aromatic N) is 7. The summed E-state index contributed by atoms with van der Waals surface area (Å²) in [6.07, 6.45) is 3.36. The third-order valence-electron chi connectivity index (χ3n) is 4.55. The van der Waals surface area contributed by atoms with Crippen LogP contribution < -0.4 is 13.9 Å². The van der Waals surface area contributed by atoms with Gasteiger partial charge in [-0.3, -0.25) is 9.05 Å². The van der Waals surface area contributed by atoms with Crippen LogP contribution in [0.1, 0.15) is 16.7 Å². The first-order valence-electron chi connectivity index (χ1n) is 10.7. The van der Waals surface area contributed by atoms with Crippen LogP contribution in [0, 0.1) is 6.92 Å². The van der Waals surface area contributed by atoms with Gasteiger partial charge in [-0.25, -0.2) is 0 Å². The molecule has 0 aliphatic heterocycles. The second-order valence-electron chi connectivity index (χ2n) is 7.34. The van der Waals surface area contributed by atoms with Crippen LogP contribution in [0.3, 0.4) is 0 Å². The Kier molecular flexibility index (Phi) is 10.7. The molecule has 0 saturated heterocycles. The minimum absolute atomic E-state index is 0.429. The molecule has 2 atom stereocenters. The summed E-state index contributed by atoms with van der Waals surface area (Å²) in [7, 11) is 0.776. The molecule has 3 aromatic rings. The smallest absolute Gasteiger partial charge is 0.394 e. The maximum Gasteiger partial charge on any atom is 0.540 e. The van der Waals surface area contributed by atoms with Crippen LogP contribution in [0.2, 0.25) is 0 Å². The van der Waals surface area contributed by atoms with E-state index in [1.807, 2.05) is 55.5 Å². The maximum atomic E-state index is 8.28. The first-order chi connectivity index (χ1) is 17.8. The molecule has 0 fully saturated rings. The Morgan fingerprint density at radius 1 is 0.730 bits per heavy atom. The largest absolute Gasteiger partial charge is 0.540 e. The van der Waals surface area contributed by atoms with Crippen LogP contribution in [0.15, 0.2) is 88.3 Å². The topological polar surface area (TPSA) is 108 Å². The molecule has 188 valence electrons. The van der Waals surface area contributed by atoms with E-state index in [1.165, 1.54) is 0 Å². The van der Waals surface area contributed by atoms with E-state index in [9.17, 15) is 0 Å². The Bertz CT molecular complexity index is 1330. The van der Waals surface area contributed by atoms with Gasteiger partial charge in [0, 0.05) is 4.91 Å². The molecule has 0 bridgehead atoms. The highest BCUT2D eigenvalue weighted by molar-refractivity contribution is 8.02. The maximum absolute atomic E-state index is 8.28. The second kappa shape index (κ2) is 14.2. The van der Waals surface area contributed by atoms with Crippen molar-refractivity contribution in [2.24, 2.45) is 15.5 Å². The molecule has 3 rings (SSSR count). The fourth-order valence-electron chi connectivity index (χ4n) is 2.58. The van der Waals surface area contributed by atoms with Gasteiger partial charge < -0.3 is 4.84 Å². The van der Waals surface area contributed by atoms with Crippen LogP contribution in [-0.2, 0) is 23.6 Å². The summed E-state index contributed by atoms with van der Waals surface area (Å²) in [4.78, 5) is 7.35. The van der Waals surface area contributed by atoms with Gasteiger partial charge in [-0.05, 0) is 84.2 Å². The van der Waals surface area contributed by atoms with Gasteiger partial charge in [-0.15, -0.1) is 10.2 Å². The molecule has 0 aromatic heterocycles. The summed E-state index contributed by atoms with van der Waals surface area (Å²) >= 11 is 10.9. The molecule has 0 radical (unpaired) electrons. The van der Waals surface area contributed by atoms with Crippen molar-refractivity contribution >= 4 is 50.2 Å². The van der Waals surface area contributed by atoms with E-state index in [1.54, 1.807) is 60.3 Å². The van der Waals surface area contributed by atoms with E-state index in [0.717, 1.165) is 22.4 Å². The van der Waals surface area contributed by atoms with Gasteiger partial charge in [0.25, 0.3) is 0 Å². The van der Waals surface area contributed by atoms with Crippen molar-refractivity contribution in [3.05, 3.63) is 99.9 Å². The first-order valence-corrected chi connectivity index (χ1v) is 15.1. The molecule has 37 heavy (non-hydrogen) atoms. The Hall–Kier alpha value is -3.65. The lowest BCUT2D eigenvalue weighted by molar-refractivity contribution is 0.333. The lowest BCUT2D eigenvalue weighted by Gasteiger charge is -2.03. The summed E-state index contributed by atoms with van der Waals surface area (Å²) in [5, 5.41) is 11.8. The third-order valence-corrected chi connectivity index (χ3v) is 8.30. The van der Waals surface area contributed by atoms with Gasteiger partial charge >= 0.3 is 14.1 Å². The van der Waals surface area contributed by atoms with E-state index < -0.39 is 14.1 Å². The highest BCUT2D eigenvalue weighted by Gasteiger charge is 2.21. The van der Waals surface area contributed by atoms with E-state index in [4.69, 9.17) is 43.0 Å². The van der Waals surface area contributed by atoms with Crippen molar-refractivity contribution < 1.29 is 13.9 Å². The van der Waals surface area contributed by atoms with Gasteiger partial charge in [0.2, 0.25) is 23.6 Å². The molecule has 0 N–H and O–H groups in total. The lowest BCUT2D eigenvalue weighted by atomic mass is 10.2. The van der Waals surface area contributed by atoms with Crippen LogP contribution in [0.5, 0.6) is 17.2 Å². The van der Waals surface area contributed by atoms with E-state index in [0.29, 0.717) is 11.5 Å². The highest BCUT2D eigenvalue weighted by atomic mass is 32.4. The van der Waals surface area contributed by atoms with Gasteiger partial charge in [0.15, 0.2) is 11.5 Å². The summed E-state index contributed by atoms with van der Waals surface area (Å²) in [6.45, 7) is 2.02. The minimum atomic E-state index is -1.42. The summed E-state index contributed by atoms with van der Waals surface area (Å²) in [6, 6.07) is 22.0. The molecule has 2 unspecified atom stereocenters. The third kappa shape index (κ3) is 9.38. The number of azide groups is 1. The summed E-state index contributed by atoms with van der Waals surface area (Å²) in [5.74, 6) is 1.78. The molecule has 0 heterocycles. The Morgan fingerprint density at radius 3 is 1.57 bits per heavy atom. The van der Waals surface area contributed by atoms with Crippen LogP contribution >= 0.6 is 14.1 Å². The van der Waals surface area contributed by atoms with E-state index >= 15 is 0 Å². The zero-order valence-electron chi connectivity index (χ0n) is 20.1. The fourth-order valence-corrected chi connectivity index (χ4v) is 4.46.